The van der Waals surface area contributed by atoms with Crippen molar-refractivity contribution in [3.63, 3.8) is 0 Å². The highest BCUT2D eigenvalue weighted by Crippen LogP contribution is 2.20. The minimum atomic E-state index is -4.43. The number of sulfonamides is 1. The van der Waals surface area contributed by atoms with Crippen molar-refractivity contribution in [2.45, 2.75) is 24.9 Å². The predicted octanol–water partition coefficient (Wildman–Crippen LogP) is 4.31. The molecule has 168 valence electrons. The van der Waals surface area contributed by atoms with Crippen LogP contribution in [0.3, 0.4) is 0 Å². The monoisotopic (exact) mass is 456 g/mol. The summed E-state index contributed by atoms with van der Waals surface area (Å²) in [5, 5.41) is 2.57. The van der Waals surface area contributed by atoms with Gasteiger partial charge in [0.25, 0.3) is 0 Å². The molecule has 0 heterocycles. The van der Waals surface area contributed by atoms with E-state index in [-0.39, 0.29) is 10.6 Å². The molecular formula is C21H23F3N2O4S. The molecule has 0 spiro atoms. The molecule has 2 aromatic rings. The van der Waals surface area contributed by atoms with Crippen LogP contribution >= 0.6 is 0 Å². The summed E-state index contributed by atoms with van der Waals surface area (Å²) >= 11 is 0. The molecule has 0 saturated carbocycles. The van der Waals surface area contributed by atoms with Crippen LogP contribution in [0.15, 0.2) is 59.5 Å². The number of amides is 1. The van der Waals surface area contributed by atoms with Crippen molar-refractivity contribution in [3.05, 3.63) is 60.2 Å². The number of carbonyl (C=O) groups excluding carboxylic acids is 1. The maximum Gasteiger partial charge on any atom is 0.422 e. The van der Waals surface area contributed by atoms with Gasteiger partial charge in [0.15, 0.2) is 6.61 Å². The Morgan fingerprint density at radius 1 is 1.03 bits per heavy atom. The maximum atomic E-state index is 12.5. The van der Waals surface area contributed by atoms with E-state index < -0.39 is 28.7 Å². The van der Waals surface area contributed by atoms with E-state index in [0.717, 1.165) is 0 Å². The lowest BCUT2D eigenvalue weighted by molar-refractivity contribution is -0.153. The number of alkyl halides is 3. The highest BCUT2D eigenvalue weighted by Gasteiger charge is 2.28. The van der Waals surface area contributed by atoms with Crippen molar-refractivity contribution in [2.75, 3.05) is 25.0 Å². The SMILES string of the molecule is CCN(CC)S(=O)(=O)c1ccc(/C=C/C(=O)Nc2ccc(OCC(F)(F)F)cc2)cc1. The number of halogens is 3. The second kappa shape index (κ2) is 10.5. The van der Waals surface area contributed by atoms with Gasteiger partial charge >= 0.3 is 6.18 Å². The molecule has 0 saturated heterocycles. The van der Waals surface area contributed by atoms with E-state index in [2.05, 4.69) is 10.1 Å². The molecular weight excluding hydrogens is 433 g/mol. The number of ether oxygens (including phenoxy) is 1. The summed E-state index contributed by atoms with van der Waals surface area (Å²) in [6, 6.07) is 11.6. The maximum absolute atomic E-state index is 12.5. The van der Waals surface area contributed by atoms with Crippen LogP contribution in [0.2, 0.25) is 0 Å². The molecule has 0 bridgehead atoms. The van der Waals surface area contributed by atoms with E-state index >= 15 is 0 Å². The van der Waals surface area contributed by atoms with Gasteiger partial charge in [-0.1, -0.05) is 26.0 Å². The molecule has 31 heavy (non-hydrogen) atoms. The number of carbonyl (C=O) groups is 1. The molecule has 2 aromatic carbocycles. The molecule has 0 fully saturated rings. The topological polar surface area (TPSA) is 75.7 Å². The Bertz CT molecular complexity index is 998. The first-order chi connectivity index (χ1) is 14.5. The zero-order valence-electron chi connectivity index (χ0n) is 17.0. The minimum absolute atomic E-state index is 0.0330. The van der Waals surface area contributed by atoms with Gasteiger partial charge in [-0.2, -0.15) is 17.5 Å². The summed E-state index contributed by atoms with van der Waals surface area (Å²) in [7, 11) is -3.55. The number of rotatable bonds is 9. The van der Waals surface area contributed by atoms with E-state index in [1.165, 1.54) is 52.9 Å². The summed E-state index contributed by atoms with van der Waals surface area (Å²) in [6.07, 6.45) is -1.64. The van der Waals surface area contributed by atoms with E-state index in [9.17, 15) is 26.4 Å². The van der Waals surface area contributed by atoms with Crippen molar-refractivity contribution >= 4 is 27.7 Å². The van der Waals surface area contributed by atoms with Gasteiger partial charge in [-0.25, -0.2) is 8.42 Å². The third kappa shape index (κ3) is 7.41. The van der Waals surface area contributed by atoms with Crippen molar-refractivity contribution < 1.29 is 31.1 Å². The average molecular weight is 456 g/mol. The molecule has 0 radical (unpaired) electrons. The van der Waals surface area contributed by atoms with Crippen LogP contribution in [-0.4, -0.2) is 44.5 Å². The number of hydrogen-bond acceptors (Lipinski definition) is 4. The van der Waals surface area contributed by atoms with Crippen molar-refractivity contribution in [3.8, 4) is 5.75 Å². The van der Waals surface area contributed by atoms with E-state index in [0.29, 0.717) is 24.3 Å². The zero-order valence-corrected chi connectivity index (χ0v) is 17.8. The van der Waals surface area contributed by atoms with Crippen LogP contribution < -0.4 is 10.1 Å². The molecule has 0 unspecified atom stereocenters. The van der Waals surface area contributed by atoms with Gasteiger partial charge in [-0.15, -0.1) is 0 Å². The summed E-state index contributed by atoms with van der Waals surface area (Å²) in [4.78, 5) is 12.2. The summed E-state index contributed by atoms with van der Waals surface area (Å²) in [5.41, 5.74) is 1.01. The number of hydrogen-bond donors (Lipinski definition) is 1. The van der Waals surface area contributed by atoms with E-state index in [1.54, 1.807) is 26.0 Å². The molecule has 0 aliphatic rings. The number of benzene rings is 2. The molecule has 1 N–H and O–H groups in total. The first-order valence-electron chi connectivity index (χ1n) is 9.44. The highest BCUT2D eigenvalue weighted by atomic mass is 32.2. The number of anilines is 1. The van der Waals surface area contributed by atoms with E-state index in [1.807, 2.05) is 0 Å². The molecule has 1 amide bonds. The second-order valence-corrected chi connectivity index (χ2v) is 8.35. The first kappa shape index (κ1) is 24.4. The molecule has 6 nitrogen and oxygen atoms in total. The molecule has 0 aliphatic heterocycles. The van der Waals surface area contributed by atoms with Gasteiger partial charge in [-0.05, 0) is 48.0 Å². The van der Waals surface area contributed by atoms with Crippen LogP contribution in [0.1, 0.15) is 19.4 Å². The zero-order chi connectivity index (χ0) is 23.1. The highest BCUT2D eigenvalue weighted by molar-refractivity contribution is 7.89. The van der Waals surface area contributed by atoms with Crippen molar-refractivity contribution in [1.29, 1.82) is 0 Å². The van der Waals surface area contributed by atoms with Gasteiger partial charge in [0.1, 0.15) is 5.75 Å². The molecule has 2 rings (SSSR count). The standard InChI is InChI=1S/C21H23F3N2O4S/c1-3-26(4-2)31(28,29)19-12-5-16(6-13-19)7-14-20(27)25-17-8-10-18(11-9-17)30-15-21(22,23)24/h5-14H,3-4,15H2,1-2H3,(H,25,27)/b14-7+. The third-order valence-corrected chi connectivity index (χ3v) is 6.24. The van der Waals surface area contributed by atoms with Crippen LogP contribution in [0, 0.1) is 0 Å². The molecule has 0 atom stereocenters. The van der Waals surface area contributed by atoms with Gasteiger partial charge < -0.3 is 10.1 Å². The van der Waals surface area contributed by atoms with Crippen molar-refractivity contribution in [2.24, 2.45) is 0 Å². The average Bonchev–Trinajstić information content (AvgIpc) is 2.72. The first-order valence-corrected chi connectivity index (χ1v) is 10.9. The van der Waals surface area contributed by atoms with Gasteiger partial charge in [0, 0.05) is 24.9 Å². The fourth-order valence-corrected chi connectivity index (χ4v) is 4.08. The lowest BCUT2D eigenvalue weighted by Gasteiger charge is -2.18. The largest absolute Gasteiger partial charge is 0.484 e. The normalized spacial score (nSPS) is 12.3. The van der Waals surface area contributed by atoms with Crippen LogP contribution in [0.4, 0.5) is 18.9 Å². The van der Waals surface area contributed by atoms with Gasteiger partial charge in [-0.3, -0.25) is 4.79 Å². The lowest BCUT2D eigenvalue weighted by atomic mass is 10.2. The number of nitrogens with zero attached hydrogens (tertiary/aromatic N) is 1. The lowest BCUT2D eigenvalue weighted by Crippen LogP contribution is -2.30. The third-order valence-electron chi connectivity index (χ3n) is 4.17. The number of nitrogens with one attached hydrogen (secondary N) is 1. The Morgan fingerprint density at radius 3 is 2.13 bits per heavy atom. The van der Waals surface area contributed by atoms with Crippen LogP contribution in [0.25, 0.3) is 6.08 Å². The van der Waals surface area contributed by atoms with Crippen molar-refractivity contribution in [1.82, 2.24) is 4.31 Å². The van der Waals surface area contributed by atoms with Crippen LogP contribution in [-0.2, 0) is 14.8 Å². The quantitative estimate of drug-likeness (QED) is 0.571. The van der Waals surface area contributed by atoms with Gasteiger partial charge in [0.05, 0.1) is 4.90 Å². The second-order valence-electron chi connectivity index (χ2n) is 6.41. The summed E-state index contributed by atoms with van der Waals surface area (Å²) in [6.45, 7) is 2.88. The Labute approximate surface area is 179 Å². The van der Waals surface area contributed by atoms with Gasteiger partial charge in [0.2, 0.25) is 15.9 Å². The summed E-state index contributed by atoms with van der Waals surface area (Å²) < 4.78 is 67.3. The molecule has 0 aromatic heterocycles. The Hall–Kier alpha value is -2.85. The van der Waals surface area contributed by atoms with E-state index in [4.69, 9.17) is 0 Å². The fraction of sp³-hybridized carbons (Fsp3) is 0.286. The Morgan fingerprint density at radius 2 is 1.61 bits per heavy atom. The predicted molar refractivity (Wildman–Crippen MR) is 112 cm³/mol. The Balaban J connectivity index is 1.96. The minimum Gasteiger partial charge on any atom is -0.484 e. The fourth-order valence-electron chi connectivity index (χ4n) is 2.62. The summed E-state index contributed by atoms with van der Waals surface area (Å²) in [5.74, 6) is -0.422. The smallest absolute Gasteiger partial charge is 0.422 e. The Kier molecular flexibility index (Phi) is 8.23. The molecule has 10 heteroatoms. The van der Waals surface area contributed by atoms with Crippen LogP contribution in [0.5, 0.6) is 5.75 Å². The molecule has 0 aliphatic carbocycles.